The van der Waals surface area contributed by atoms with Crippen molar-refractivity contribution in [3.8, 4) is 11.8 Å². The number of amides is 2. The third-order valence-corrected chi connectivity index (χ3v) is 4.08. The van der Waals surface area contributed by atoms with Gasteiger partial charge in [0.2, 0.25) is 0 Å². The summed E-state index contributed by atoms with van der Waals surface area (Å²) in [6.07, 6.45) is 4.24. The van der Waals surface area contributed by atoms with E-state index in [2.05, 4.69) is 5.32 Å². The molecule has 1 aromatic rings. The van der Waals surface area contributed by atoms with Gasteiger partial charge in [0.15, 0.2) is 0 Å². The zero-order valence-electron chi connectivity index (χ0n) is 14.0. The largest absolute Gasteiger partial charge is 0.495 e. The van der Waals surface area contributed by atoms with Gasteiger partial charge in [0.05, 0.1) is 12.8 Å². The Kier molecular flexibility index (Phi) is 6.20. The molecule has 1 aromatic carbocycles. The lowest BCUT2D eigenvalue weighted by Crippen LogP contribution is -2.37. The maximum Gasteiger partial charge on any atom is 0.271 e. The van der Waals surface area contributed by atoms with Crippen LogP contribution in [0.25, 0.3) is 6.08 Å². The molecule has 0 spiro atoms. The summed E-state index contributed by atoms with van der Waals surface area (Å²) >= 11 is 5.88. The molecule has 1 aliphatic heterocycles. The molecule has 0 bridgehead atoms. The summed E-state index contributed by atoms with van der Waals surface area (Å²) in [6, 6.07) is 7.09. The molecule has 0 unspecified atom stereocenters. The molecule has 7 heteroatoms. The molecule has 0 saturated heterocycles. The first-order valence-electron chi connectivity index (χ1n) is 7.71. The number of nitrogens with one attached hydrogen (secondary N) is 1. The van der Waals surface area contributed by atoms with Crippen LogP contribution < -0.4 is 10.1 Å². The topological polar surface area (TPSA) is 82.4 Å². The summed E-state index contributed by atoms with van der Waals surface area (Å²) in [4.78, 5) is 25.8. The predicted molar refractivity (Wildman–Crippen MR) is 96.0 cm³/mol. The average molecular weight is 360 g/mol. The van der Waals surface area contributed by atoms with Crippen molar-refractivity contribution in [2.45, 2.75) is 12.8 Å². The van der Waals surface area contributed by atoms with Crippen molar-refractivity contribution in [3.63, 3.8) is 0 Å². The lowest BCUT2D eigenvalue weighted by molar-refractivity contribution is -0.139. The molecule has 130 valence electrons. The van der Waals surface area contributed by atoms with E-state index in [1.54, 1.807) is 31.3 Å². The minimum Gasteiger partial charge on any atom is -0.495 e. The molecule has 6 nitrogen and oxygen atoms in total. The number of anilines is 1. The molecule has 1 aliphatic rings. The normalized spacial score (nSPS) is 15.1. The van der Waals surface area contributed by atoms with E-state index in [9.17, 15) is 14.9 Å². The Morgan fingerprint density at radius 3 is 2.88 bits per heavy atom. The summed E-state index contributed by atoms with van der Waals surface area (Å²) in [5.41, 5.74) is 1.26. The molecule has 1 heterocycles. The molecular weight excluding hydrogens is 342 g/mol. The number of carbonyl (C=O) groups excluding carboxylic acids is 2. The lowest BCUT2D eigenvalue weighted by atomic mass is 10.1. The molecular formula is C18H18ClN3O3. The van der Waals surface area contributed by atoms with Gasteiger partial charge in [0.25, 0.3) is 11.8 Å². The van der Waals surface area contributed by atoms with Gasteiger partial charge in [-0.15, -0.1) is 0 Å². The quantitative estimate of drug-likeness (QED) is 0.660. The van der Waals surface area contributed by atoms with Crippen LogP contribution in [0, 0.1) is 11.3 Å². The van der Waals surface area contributed by atoms with Crippen molar-refractivity contribution >= 4 is 35.2 Å². The monoisotopic (exact) mass is 359 g/mol. The zero-order chi connectivity index (χ0) is 18.4. The van der Waals surface area contributed by atoms with E-state index in [-0.39, 0.29) is 17.2 Å². The summed E-state index contributed by atoms with van der Waals surface area (Å²) < 4.78 is 5.27. The van der Waals surface area contributed by atoms with Crippen molar-refractivity contribution in [2.24, 2.45) is 0 Å². The molecule has 2 amide bonds. The first kappa shape index (κ1) is 18.6. The molecule has 2 rings (SSSR count). The molecule has 0 aromatic heterocycles. The number of allylic oxidation sites excluding steroid dienone is 1. The second-order valence-corrected chi connectivity index (χ2v) is 5.74. The number of benzene rings is 1. The SMILES string of the molecule is CNc1ccc(/C=C(\C#N)C(=O)N2CCCC=C(Cl)C2=O)cc1OC. The van der Waals surface area contributed by atoms with Crippen LogP contribution in [0.4, 0.5) is 5.69 Å². The Bertz CT molecular complexity index is 793. The minimum absolute atomic E-state index is 0.00295. The number of methoxy groups -OCH3 is 1. The number of ether oxygens (including phenoxy) is 1. The summed E-state index contributed by atoms with van der Waals surface area (Å²) in [5, 5.41) is 12.4. The van der Waals surface area contributed by atoms with Crippen LogP contribution in [0.5, 0.6) is 5.75 Å². The predicted octanol–water partition coefficient (Wildman–Crippen LogP) is 2.92. The first-order chi connectivity index (χ1) is 12.0. The van der Waals surface area contributed by atoms with Gasteiger partial charge in [-0.05, 0) is 36.6 Å². The number of imide groups is 1. The van der Waals surface area contributed by atoms with Crippen molar-refractivity contribution < 1.29 is 14.3 Å². The Balaban J connectivity index is 2.34. The zero-order valence-corrected chi connectivity index (χ0v) is 14.8. The Morgan fingerprint density at radius 1 is 1.48 bits per heavy atom. The number of hydrogen-bond donors (Lipinski definition) is 1. The highest BCUT2D eigenvalue weighted by atomic mass is 35.5. The second-order valence-electron chi connectivity index (χ2n) is 5.34. The smallest absolute Gasteiger partial charge is 0.271 e. The van der Waals surface area contributed by atoms with Crippen molar-refractivity contribution in [1.29, 1.82) is 5.26 Å². The minimum atomic E-state index is -0.655. The van der Waals surface area contributed by atoms with E-state index >= 15 is 0 Å². The summed E-state index contributed by atoms with van der Waals surface area (Å²) in [6.45, 7) is 0.228. The Morgan fingerprint density at radius 2 is 2.24 bits per heavy atom. The maximum absolute atomic E-state index is 12.6. The summed E-state index contributed by atoms with van der Waals surface area (Å²) in [7, 11) is 3.30. The fourth-order valence-electron chi connectivity index (χ4n) is 2.45. The van der Waals surface area contributed by atoms with Crippen LogP contribution in [0.2, 0.25) is 0 Å². The fourth-order valence-corrected chi connectivity index (χ4v) is 2.66. The maximum atomic E-state index is 12.6. The number of nitriles is 1. The van der Waals surface area contributed by atoms with E-state index in [0.29, 0.717) is 24.2 Å². The van der Waals surface area contributed by atoms with E-state index in [0.717, 1.165) is 10.6 Å². The fraction of sp³-hybridized carbons (Fsp3) is 0.278. The molecule has 0 saturated carbocycles. The van der Waals surface area contributed by atoms with Gasteiger partial charge in [-0.25, -0.2) is 0 Å². The van der Waals surface area contributed by atoms with Gasteiger partial charge in [0, 0.05) is 13.6 Å². The van der Waals surface area contributed by atoms with Crippen molar-refractivity contribution in [3.05, 3.63) is 40.4 Å². The highest BCUT2D eigenvalue weighted by Crippen LogP contribution is 2.26. The van der Waals surface area contributed by atoms with E-state index < -0.39 is 11.8 Å². The molecule has 0 radical (unpaired) electrons. The molecule has 1 N–H and O–H groups in total. The van der Waals surface area contributed by atoms with Gasteiger partial charge >= 0.3 is 0 Å². The van der Waals surface area contributed by atoms with Crippen LogP contribution in [-0.2, 0) is 9.59 Å². The van der Waals surface area contributed by atoms with Gasteiger partial charge in [-0.3, -0.25) is 14.5 Å². The molecule has 0 atom stereocenters. The highest BCUT2D eigenvalue weighted by Gasteiger charge is 2.27. The summed E-state index contributed by atoms with van der Waals surface area (Å²) in [5.74, 6) is -0.649. The standard InChI is InChI=1S/C18H18ClN3O3/c1-21-15-7-6-12(10-16(15)25-2)9-13(11-20)17(23)22-8-4-3-5-14(19)18(22)24/h5-7,9-10,21H,3-4,8H2,1-2H3/b13-9+. The highest BCUT2D eigenvalue weighted by molar-refractivity contribution is 6.43. The van der Waals surface area contributed by atoms with E-state index in [1.807, 2.05) is 6.07 Å². The number of nitrogens with zero attached hydrogens (tertiary/aromatic N) is 2. The van der Waals surface area contributed by atoms with Crippen LogP contribution in [0.3, 0.4) is 0 Å². The third-order valence-electron chi connectivity index (χ3n) is 3.76. The lowest BCUT2D eigenvalue weighted by Gasteiger charge is -2.18. The average Bonchev–Trinajstić information content (AvgIpc) is 2.80. The van der Waals surface area contributed by atoms with Gasteiger partial charge in [-0.2, -0.15) is 5.26 Å². The van der Waals surface area contributed by atoms with Crippen LogP contribution in [0.15, 0.2) is 34.9 Å². The van der Waals surface area contributed by atoms with E-state index in [1.165, 1.54) is 13.2 Å². The molecule has 0 aliphatic carbocycles. The van der Waals surface area contributed by atoms with Gasteiger partial charge in [0.1, 0.15) is 22.4 Å². The molecule has 0 fully saturated rings. The first-order valence-corrected chi connectivity index (χ1v) is 8.09. The van der Waals surface area contributed by atoms with Gasteiger partial charge in [-0.1, -0.05) is 23.7 Å². The van der Waals surface area contributed by atoms with Crippen molar-refractivity contribution in [2.75, 3.05) is 26.0 Å². The number of halogens is 1. The number of rotatable bonds is 4. The van der Waals surface area contributed by atoms with E-state index in [4.69, 9.17) is 16.3 Å². The van der Waals surface area contributed by atoms with Crippen LogP contribution >= 0.6 is 11.6 Å². The van der Waals surface area contributed by atoms with Crippen LogP contribution in [0.1, 0.15) is 18.4 Å². The number of hydrogen-bond acceptors (Lipinski definition) is 5. The number of carbonyl (C=O) groups is 2. The Labute approximate surface area is 151 Å². The van der Waals surface area contributed by atoms with Gasteiger partial charge < -0.3 is 10.1 Å². The third kappa shape index (κ3) is 4.20. The van der Waals surface area contributed by atoms with Crippen LogP contribution in [-0.4, -0.2) is 37.4 Å². The second kappa shape index (κ2) is 8.36. The Hall–Kier alpha value is -2.78. The molecule has 25 heavy (non-hydrogen) atoms. The van der Waals surface area contributed by atoms with Crippen molar-refractivity contribution in [1.82, 2.24) is 4.90 Å².